The van der Waals surface area contributed by atoms with Gasteiger partial charge in [0.15, 0.2) is 0 Å². The Morgan fingerprint density at radius 3 is 2.49 bits per heavy atom. The summed E-state index contributed by atoms with van der Waals surface area (Å²) in [6.45, 7) is 11.4. The van der Waals surface area contributed by atoms with E-state index in [1.165, 1.54) is 24.4 Å². The molecule has 1 fully saturated rings. The second-order valence-corrected chi connectivity index (χ2v) is 10.1. The molecule has 1 atom stereocenters. The summed E-state index contributed by atoms with van der Waals surface area (Å²) in [5, 5.41) is 11.6. The minimum Gasteiger partial charge on any atom is -0.474 e. The Kier molecular flexibility index (Phi) is 8.46. The zero-order valence-corrected chi connectivity index (χ0v) is 21.5. The summed E-state index contributed by atoms with van der Waals surface area (Å²) < 4.78 is 50.2. The smallest absolute Gasteiger partial charge is 0.433 e. The molecule has 3 heterocycles. The number of halogens is 3. The topological polar surface area (TPSA) is 97.7 Å². The average Bonchev–Trinajstić information content (AvgIpc) is 2.81. The maximum Gasteiger partial charge on any atom is 0.433 e. The lowest BCUT2D eigenvalue weighted by Crippen LogP contribution is -2.42. The van der Waals surface area contributed by atoms with Gasteiger partial charge in [-0.2, -0.15) is 13.2 Å². The quantitative estimate of drug-likeness (QED) is 0.502. The SMILES string of the molecule is C=CCC(O)(COc1cccc(C(F)(F)F)n1)c1cnc(C)nc1C1CCN(C(=O)OC(C)(C)C)CC1. The first-order valence-electron chi connectivity index (χ1n) is 12.0. The van der Waals surface area contributed by atoms with Crippen LogP contribution in [0.2, 0.25) is 0 Å². The zero-order valence-electron chi connectivity index (χ0n) is 21.5. The van der Waals surface area contributed by atoms with Gasteiger partial charge in [-0.05, 0) is 46.6 Å². The molecule has 3 rings (SSSR count). The Labute approximate surface area is 214 Å². The number of aliphatic hydroxyl groups is 1. The van der Waals surface area contributed by atoms with Gasteiger partial charge in [0.05, 0.1) is 5.69 Å². The molecule has 0 spiro atoms. The van der Waals surface area contributed by atoms with Crippen LogP contribution in [0, 0.1) is 6.92 Å². The van der Waals surface area contributed by atoms with Crippen molar-refractivity contribution >= 4 is 6.09 Å². The van der Waals surface area contributed by atoms with Gasteiger partial charge >= 0.3 is 12.3 Å². The monoisotopic (exact) mass is 522 g/mol. The molecule has 1 aliphatic rings. The van der Waals surface area contributed by atoms with Crippen molar-refractivity contribution in [1.29, 1.82) is 0 Å². The summed E-state index contributed by atoms with van der Waals surface area (Å²) in [6.07, 6.45) is -0.769. The highest BCUT2D eigenvalue weighted by molar-refractivity contribution is 5.68. The maximum atomic E-state index is 13.1. The van der Waals surface area contributed by atoms with E-state index in [1.807, 2.05) is 20.8 Å². The molecule has 0 saturated carbocycles. The second-order valence-electron chi connectivity index (χ2n) is 10.1. The van der Waals surface area contributed by atoms with Gasteiger partial charge in [0.1, 0.15) is 29.3 Å². The number of hydrogen-bond acceptors (Lipinski definition) is 7. The molecule has 202 valence electrons. The molecule has 37 heavy (non-hydrogen) atoms. The molecule has 11 heteroatoms. The summed E-state index contributed by atoms with van der Waals surface area (Å²) in [5.41, 5.74) is -2.33. The molecule has 2 aromatic heterocycles. The van der Waals surface area contributed by atoms with Crippen LogP contribution in [0.4, 0.5) is 18.0 Å². The van der Waals surface area contributed by atoms with Crippen LogP contribution in [0.5, 0.6) is 5.88 Å². The van der Waals surface area contributed by atoms with Gasteiger partial charge in [0, 0.05) is 43.3 Å². The number of amides is 1. The molecule has 0 aliphatic carbocycles. The minimum absolute atomic E-state index is 0.0438. The van der Waals surface area contributed by atoms with Crippen LogP contribution in [0.15, 0.2) is 37.1 Å². The lowest BCUT2D eigenvalue weighted by molar-refractivity contribution is -0.141. The number of aromatic nitrogens is 3. The predicted octanol–water partition coefficient (Wildman–Crippen LogP) is 5.16. The van der Waals surface area contributed by atoms with Crippen molar-refractivity contribution in [3.8, 4) is 5.88 Å². The molecule has 0 radical (unpaired) electrons. The molecule has 1 unspecified atom stereocenters. The van der Waals surface area contributed by atoms with Gasteiger partial charge in [-0.1, -0.05) is 12.1 Å². The second kappa shape index (κ2) is 11.0. The van der Waals surface area contributed by atoms with Gasteiger partial charge in [0.2, 0.25) is 5.88 Å². The third kappa shape index (κ3) is 7.41. The number of hydrogen-bond donors (Lipinski definition) is 1. The fourth-order valence-corrected chi connectivity index (χ4v) is 4.15. The Hall–Kier alpha value is -3.21. The standard InChI is InChI=1S/C26H33F3N4O4/c1-6-12-25(35,16-36-21-9-7-8-20(32-21)26(27,28)29)19-15-30-17(2)31-22(19)18-10-13-33(14-11-18)23(34)37-24(3,4)5/h6-9,15,18,35H,1,10-14,16H2,2-5H3. The van der Waals surface area contributed by atoms with E-state index in [0.29, 0.717) is 43.0 Å². The predicted molar refractivity (Wildman–Crippen MR) is 130 cm³/mol. The van der Waals surface area contributed by atoms with Gasteiger partial charge in [0.25, 0.3) is 0 Å². The molecule has 8 nitrogen and oxygen atoms in total. The molecule has 0 bridgehead atoms. The number of carbonyl (C=O) groups excluding carboxylic acids is 1. The van der Waals surface area contributed by atoms with E-state index in [0.717, 1.165) is 6.07 Å². The van der Waals surface area contributed by atoms with Crippen molar-refractivity contribution in [2.45, 2.75) is 70.3 Å². The van der Waals surface area contributed by atoms with Crippen molar-refractivity contribution in [2.24, 2.45) is 0 Å². The number of ether oxygens (including phenoxy) is 2. The number of alkyl halides is 3. The summed E-state index contributed by atoms with van der Waals surface area (Å²) in [4.78, 5) is 26.5. The van der Waals surface area contributed by atoms with Crippen molar-refractivity contribution in [1.82, 2.24) is 19.9 Å². The normalized spacial score (nSPS) is 16.7. The van der Waals surface area contributed by atoms with E-state index in [4.69, 9.17) is 9.47 Å². The Morgan fingerprint density at radius 2 is 1.89 bits per heavy atom. The molecule has 1 amide bonds. The van der Waals surface area contributed by atoms with Gasteiger partial charge in [-0.3, -0.25) is 0 Å². The van der Waals surface area contributed by atoms with Crippen LogP contribution in [0.25, 0.3) is 0 Å². The number of rotatable bonds is 7. The minimum atomic E-state index is -4.62. The Balaban J connectivity index is 1.82. The lowest BCUT2D eigenvalue weighted by Gasteiger charge is -2.35. The first-order chi connectivity index (χ1) is 17.2. The third-order valence-electron chi connectivity index (χ3n) is 5.93. The summed E-state index contributed by atoms with van der Waals surface area (Å²) in [7, 11) is 0. The van der Waals surface area contributed by atoms with E-state index < -0.39 is 23.1 Å². The fraction of sp³-hybridized carbons (Fsp3) is 0.538. The number of piperidine rings is 1. The maximum absolute atomic E-state index is 13.1. The average molecular weight is 523 g/mol. The lowest BCUT2D eigenvalue weighted by atomic mass is 9.83. The van der Waals surface area contributed by atoms with Crippen LogP contribution in [0.1, 0.15) is 68.7 Å². The molecular weight excluding hydrogens is 489 g/mol. The van der Waals surface area contributed by atoms with E-state index in [2.05, 4.69) is 21.5 Å². The van der Waals surface area contributed by atoms with Crippen molar-refractivity contribution in [3.63, 3.8) is 0 Å². The van der Waals surface area contributed by atoms with E-state index in [9.17, 15) is 23.1 Å². The number of carbonyl (C=O) groups is 1. The number of nitrogens with zero attached hydrogens (tertiary/aromatic N) is 4. The van der Waals surface area contributed by atoms with Crippen LogP contribution in [-0.2, 0) is 16.5 Å². The first kappa shape index (κ1) is 28.4. The highest BCUT2D eigenvalue weighted by Crippen LogP contribution is 2.36. The largest absolute Gasteiger partial charge is 0.474 e. The first-order valence-corrected chi connectivity index (χ1v) is 12.0. The molecule has 2 aromatic rings. The summed E-state index contributed by atoms with van der Waals surface area (Å²) >= 11 is 0. The highest BCUT2D eigenvalue weighted by atomic mass is 19.4. The highest BCUT2D eigenvalue weighted by Gasteiger charge is 2.37. The van der Waals surface area contributed by atoms with Crippen molar-refractivity contribution < 1.29 is 32.5 Å². The molecular formula is C26H33F3N4O4. The zero-order chi connectivity index (χ0) is 27.4. The molecule has 1 aliphatic heterocycles. The molecule has 1 N–H and O–H groups in total. The van der Waals surface area contributed by atoms with Crippen LogP contribution in [-0.4, -0.2) is 56.3 Å². The summed E-state index contributed by atoms with van der Waals surface area (Å²) in [5.74, 6) is 0.158. The van der Waals surface area contributed by atoms with Crippen molar-refractivity contribution in [3.05, 3.63) is 59.8 Å². The van der Waals surface area contributed by atoms with Crippen LogP contribution >= 0.6 is 0 Å². The Morgan fingerprint density at radius 1 is 1.22 bits per heavy atom. The van der Waals surface area contributed by atoms with Crippen LogP contribution in [0.3, 0.4) is 0 Å². The third-order valence-corrected chi connectivity index (χ3v) is 5.93. The molecule has 0 aromatic carbocycles. The van der Waals surface area contributed by atoms with E-state index in [-0.39, 0.29) is 30.9 Å². The number of likely N-dealkylation sites (tertiary alicyclic amines) is 1. The van der Waals surface area contributed by atoms with Gasteiger partial charge in [-0.25, -0.2) is 19.7 Å². The Bertz CT molecular complexity index is 1110. The van der Waals surface area contributed by atoms with Crippen LogP contribution < -0.4 is 4.74 Å². The fourth-order valence-electron chi connectivity index (χ4n) is 4.15. The molecule has 1 saturated heterocycles. The van der Waals surface area contributed by atoms with Gasteiger partial charge < -0.3 is 19.5 Å². The number of pyridine rings is 1. The van der Waals surface area contributed by atoms with E-state index >= 15 is 0 Å². The van der Waals surface area contributed by atoms with Gasteiger partial charge in [-0.15, -0.1) is 6.58 Å². The van der Waals surface area contributed by atoms with Crippen molar-refractivity contribution in [2.75, 3.05) is 19.7 Å². The van der Waals surface area contributed by atoms with E-state index in [1.54, 1.807) is 11.8 Å². The number of aryl methyl sites for hydroxylation is 1. The summed E-state index contributed by atoms with van der Waals surface area (Å²) in [6, 6.07) is 3.33.